The van der Waals surface area contributed by atoms with Crippen LogP contribution in [0.5, 0.6) is 0 Å². The smallest absolute Gasteiger partial charge is 0.330 e. The van der Waals surface area contributed by atoms with Crippen molar-refractivity contribution in [1.82, 2.24) is 24.5 Å². The summed E-state index contributed by atoms with van der Waals surface area (Å²) in [7, 11) is 0. The molecule has 1 fully saturated rings. The summed E-state index contributed by atoms with van der Waals surface area (Å²) < 4.78 is 8.95. The fourth-order valence-corrected chi connectivity index (χ4v) is 3.49. The number of H-pyrrole nitrogens is 1. The molecule has 0 spiro atoms. The highest BCUT2D eigenvalue weighted by molar-refractivity contribution is 5.24. The van der Waals surface area contributed by atoms with Crippen molar-refractivity contribution in [3.05, 3.63) is 44.5 Å². The van der Waals surface area contributed by atoms with Gasteiger partial charge in [-0.05, 0) is 13.3 Å². The highest BCUT2D eigenvalue weighted by atomic mass is 16.6. The van der Waals surface area contributed by atoms with E-state index >= 15 is 0 Å². The molecule has 1 unspecified atom stereocenters. The van der Waals surface area contributed by atoms with E-state index in [1.807, 2.05) is 6.92 Å². The number of aliphatic hydroxyl groups is 1. The van der Waals surface area contributed by atoms with Gasteiger partial charge >= 0.3 is 5.69 Å². The molecule has 0 radical (unpaired) electrons. The Hall–Kier alpha value is -2.26. The number of fused-ring (bicyclic) bond motifs is 5. The van der Waals surface area contributed by atoms with Crippen molar-refractivity contribution in [2.75, 3.05) is 0 Å². The van der Waals surface area contributed by atoms with Gasteiger partial charge in [0.25, 0.3) is 5.56 Å². The van der Waals surface area contributed by atoms with E-state index in [1.165, 1.54) is 10.8 Å². The van der Waals surface area contributed by atoms with Crippen molar-refractivity contribution < 1.29 is 9.84 Å². The van der Waals surface area contributed by atoms with Gasteiger partial charge in [0.15, 0.2) is 6.23 Å². The summed E-state index contributed by atoms with van der Waals surface area (Å²) in [6.07, 6.45) is 1.97. The minimum atomic E-state index is -0.928. The molecule has 0 amide bonds. The minimum absolute atomic E-state index is 0.393. The number of aliphatic hydroxyl groups excluding tert-OH is 1. The van der Waals surface area contributed by atoms with Crippen molar-refractivity contribution in [1.29, 1.82) is 0 Å². The number of aryl methyl sites for hydroxylation is 1. The molecular formula is C13H15N5O4. The Balaban J connectivity index is 1.90. The zero-order valence-corrected chi connectivity index (χ0v) is 12.1. The SMILES string of the molecule is CC[C@@]12O[C@@H](n3cc(C)c(=O)[nH]c3=O)[C@H](C1O)n1nncc12. The number of nitrogens with zero attached hydrogens (tertiary/aromatic N) is 4. The summed E-state index contributed by atoms with van der Waals surface area (Å²) in [4.78, 5) is 25.9. The Kier molecular flexibility index (Phi) is 2.52. The summed E-state index contributed by atoms with van der Waals surface area (Å²) in [5.74, 6) is 0. The van der Waals surface area contributed by atoms with Gasteiger partial charge in [-0.2, -0.15) is 0 Å². The van der Waals surface area contributed by atoms with Crippen LogP contribution in [-0.4, -0.2) is 35.8 Å². The Morgan fingerprint density at radius 1 is 1.50 bits per heavy atom. The summed E-state index contributed by atoms with van der Waals surface area (Å²) in [5, 5.41) is 18.5. The number of ether oxygens (including phenoxy) is 1. The second-order valence-electron chi connectivity index (χ2n) is 5.73. The molecule has 2 aliphatic heterocycles. The number of nitrogens with one attached hydrogen (secondary N) is 1. The molecule has 1 saturated heterocycles. The molecule has 2 bridgehead atoms. The zero-order chi connectivity index (χ0) is 15.6. The molecular weight excluding hydrogens is 290 g/mol. The van der Waals surface area contributed by atoms with Gasteiger partial charge in [0.2, 0.25) is 0 Å². The standard InChI is InChI=1S/C13H15N5O4/c1-3-13-7-4-14-16-18(7)8(9(13)19)11(22-13)17-5-6(2)10(20)15-12(17)21/h4-5,8-9,11,19H,3H2,1-2H3,(H,15,20,21)/t8-,9?,11+,13-/m0/s1. The van der Waals surface area contributed by atoms with Crippen LogP contribution >= 0.6 is 0 Å². The number of hydrogen-bond donors (Lipinski definition) is 2. The lowest BCUT2D eigenvalue weighted by Gasteiger charge is -2.30. The first-order chi connectivity index (χ1) is 10.5. The van der Waals surface area contributed by atoms with Gasteiger partial charge in [0.05, 0.1) is 11.9 Å². The second kappa shape index (κ2) is 4.14. The summed E-state index contributed by atoms with van der Waals surface area (Å²) in [5.41, 5.74) is -0.838. The van der Waals surface area contributed by atoms with Gasteiger partial charge in [-0.25, -0.2) is 9.48 Å². The molecule has 116 valence electrons. The number of aromatic nitrogens is 5. The van der Waals surface area contributed by atoms with Crippen molar-refractivity contribution in [3.8, 4) is 0 Å². The number of hydrogen-bond acceptors (Lipinski definition) is 6. The highest BCUT2D eigenvalue weighted by Gasteiger charge is 2.64. The first kappa shape index (κ1) is 13.4. The maximum Gasteiger partial charge on any atom is 0.330 e. The van der Waals surface area contributed by atoms with Gasteiger partial charge in [0.1, 0.15) is 17.7 Å². The van der Waals surface area contributed by atoms with E-state index in [4.69, 9.17) is 4.74 Å². The van der Waals surface area contributed by atoms with E-state index in [-0.39, 0.29) is 0 Å². The van der Waals surface area contributed by atoms with Gasteiger partial charge < -0.3 is 9.84 Å². The zero-order valence-electron chi connectivity index (χ0n) is 12.1. The van der Waals surface area contributed by atoms with Crippen LogP contribution in [0.15, 0.2) is 22.0 Å². The first-order valence-corrected chi connectivity index (χ1v) is 7.08. The Bertz CT molecular complexity index is 868. The van der Waals surface area contributed by atoms with Gasteiger partial charge in [0, 0.05) is 11.8 Å². The van der Waals surface area contributed by atoms with Crippen LogP contribution in [0.3, 0.4) is 0 Å². The quantitative estimate of drug-likeness (QED) is 0.749. The van der Waals surface area contributed by atoms with E-state index in [0.717, 1.165) is 0 Å². The van der Waals surface area contributed by atoms with Gasteiger partial charge in [-0.1, -0.05) is 12.1 Å². The second-order valence-corrected chi connectivity index (χ2v) is 5.73. The van der Waals surface area contributed by atoms with Crippen LogP contribution in [0.2, 0.25) is 0 Å². The lowest BCUT2D eigenvalue weighted by Crippen LogP contribution is -2.38. The first-order valence-electron chi connectivity index (χ1n) is 7.08. The van der Waals surface area contributed by atoms with Crippen LogP contribution in [0, 0.1) is 6.92 Å². The van der Waals surface area contributed by atoms with E-state index in [2.05, 4.69) is 15.3 Å². The van der Waals surface area contributed by atoms with Crippen molar-refractivity contribution in [2.24, 2.45) is 0 Å². The van der Waals surface area contributed by atoms with Crippen LogP contribution in [-0.2, 0) is 10.3 Å². The average molecular weight is 305 g/mol. The van der Waals surface area contributed by atoms with Crippen molar-refractivity contribution >= 4 is 0 Å². The lowest BCUT2D eigenvalue weighted by atomic mass is 9.93. The monoisotopic (exact) mass is 305 g/mol. The van der Waals surface area contributed by atoms with Crippen molar-refractivity contribution in [2.45, 2.75) is 44.2 Å². The maximum absolute atomic E-state index is 12.1. The Morgan fingerprint density at radius 2 is 2.27 bits per heavy atom. The minimum Gasteiger partial charge on any atom is -0.387 e. The van der Waals surface area contributed by atoms with E-state index in [1.54, 1.807) is 17.8 Å². The summed E-state index contributed by atoms with van der Waals surface area (Å²) >= 11 is 0. The molecule has 4 heterocycles. The predicted molar refractivity (Wildman–Crippen MR) is 73.2 cm³/mol. The third-order valence-electron chi connectivity index (χ3n) is 4.66. The molecule has 0 saturated carbocycles. The molecule has 9 heteroatoms. The van der Waals surface area contributed by atoms with E-state index < -0.39 is 35.2 Å². The highest BCUT2D eigenvalue weighted by Crippen LogP contribution is 2.56. The molecule has 0 aliphatic carbocycles. The fourth-order valence-electron chi connectivity index (χ4n) is 3.49. The summed E-state index contributed by atoms with van der Waals surface area (Å²) in [6, 6.07) is -0.555. The fraction of sp³-hybridized carbons (Fsp3) is 0.538. The number of rotatable bonds is 2. The normalized spacial score (nSPS) is 32.4. The largest absolute Gasteiger partial charge is 0.387 e. The molecule has 9 nitrogen and oxygen atoms in total. The number of aromatic amines is 1. The van der Waals surface area contributed by atoms with Gasteiger partial charge in [-0.15, -0.1) is 5.10 Å². The summed E-state index contributed by atoms with van der Waals surface area (Å²) in [6.45, 7) is 3.50. The van der Waals surface area contributed by atoms with Crippen LogP contribution in [0.1, 0.15) is 36.9 Å². The third-order valence-corrected chi connectivity index (χ3v) is 4.66. The van der Waals surface area contributed by atoms with Crippen LogP contribution < -0.4 is 11.2 Å². The Labute approximate surface area is 124 Å². The van der Waals surface area contributed by atoms with Crippen molar-refractivity contribution in [3.63, 3.8) is 0 Å². The third kappa shape index (κ3) is 1.39. The lowest BCUT2D eigenvalue weighted by molar-refractivity contribution is -0.122. The molecule has 4 rings (SSSR count). The molecule has 0 aromatic carbocycles. The maximum atomic E-state index is 12.1. The van der Waals surface area contributed by atoms with E-state index in [0.29, 0.717) is 17.7 Å². The molecule has 2 N–H and O–H groups in total. The molecule has 4 atom stereocenters. The molecule has 2 aromatic rings. The topological polar surface area (TPSA) is 115 Å². The van der Waals surface area contributed by atoms with Gasteiger partial charge in [-0.3, -0.25) is 14.3 Å². The van der Waals surface area contributed by atoms with Crippen LogP contribution in [0.25, 0.3) is 0 Å². The van der Waals surface area contributed by atoms with E-state index in [9.17, 15) is 14.7 Å². The molecule has 2 aliphatic rings. The Morgan fingerprint density at radius 3 is 3.00 bits per heavy atom. The predicted octanol–water partition coefficient (Wildman–Crippen LogP) is -0.814. The molecule has 2 aromatic heterocycles. The molecule has 22 heavy (non-hydrogen) atoms. The van der Waals surface area contributed by atoms with Crippen LogP contribution in [0.4, 0.5) is 0 Å². The average Bonchev–Trinajstić information content (AvgIpc) is 3.12.